The van der Waals surface area contributed by atoms with E-state index in [1.165, 1.54) is 11.8 Å². The SMILES string of the molecule is CC(C)OC(=O)CSc1cc2ccccc2[nH]1. The van der Waals surface area contributed by atoms with Crippen molar-refractivity contribution in [1.82, 2.24) is 4.98 Å². The smallest absolute Gasteiger partial charge is 0.316 e. The molecule has 0 aliphatic rings. The van der Waals surface area contributed by atoms with Crippen molar-refractivity contribution in [2.75, 3.05) is 5.75 Å². The summed E-state index contributed by atoms with van der Waals surface area (Å²) in [5, 5.41) is 2.15. The van der Waals surface area contributed by atoms with Crippen LogP contribution in [0.15, 0.2) is 35.4 Å². The van der Waals surface area contributed by atoms with Crippen LogP contribution in [0.2, 0.25) is 0 Å². The number of para-hydroxylation sites is 1. The van der Waals surface area contributed by atoms with Gasteiger partial charge in [0.15, 0.2) is 0 Å². The van der Waals surface area contributed by atoms with Crippen LogP contribution in [0.3, 0.4) is 0 Å². The van der Waals surface area contributed by atoms with E-state index in [2.05, 4.69) is 4.98 Å². The van der Waals surface area contributed by atoms with E-state index >= 15 is 0 Å². The molecule has 2 aromatic rings. The Morgan fingerprint density at radius 2 is 2.18 bits per heavy atom. The highest BCUT2D eigenvalue weighted by Crippen LogP contribution is 2.23. The number of aromatic nitrogens is 1. The first-order chi connectivity index (χ1) is 8.15. The predicted octanol–water partition coefficient (Wildman–Crippen LogP) is 3.21. The molecule has 0 saturated heterocycles. The molecule has 0 atom stereocenters. The lowest BCUT2D eigenvalue weighted by molar-refractivity contribution is -0.144. The third kappa shape index (κ3) is 3.27. The summed E-state index contributed by atoms with van der Waals surface area (Å²) < 4.78 is 5.07. The van der Waals surface area contributed by atoms with Gasteiger partial charge in [0.1, 0.15) is 0 Å². The molecule has 0 unspecified atom stereocenters. The van der Waals surface area contributed by atoms with Crippen LogP contribution in [-0.4, -0.2) is 22.8 Å². The molecule has 1 aromatic heterocycles. The topological polar surface area (TPSA) is 42.1 Å². The van der Waals surface area contributed by atoms with Crippen LogP contribution in [0.1, 0.15) is 13.8 Å². The van der Waals surface area contributed by atoms with Crippen molar-refractivity contribution >= 4 is 28.6 Å². The van der Waals surface area contributed by atoms with Crippen LogP contribution in [0.4, 0.5) is 0 Å². The molecule has 0 fully saturated rings. The Morgan fingerprint density at radius 1 is 1.41 bits per heavy atom. The number of nitrogens with one attached hydrogen (secondary N) is 1. The third-order valence-electron chi connectivity index (χ3n) is 2.22. The van der Waals surface area contributed by atoms with Gasteiger partial charge in [0.2, 0.25) is 0 Å². The van der Waals surface area contributed by atoms with Crippen LogP contribution in [0, 0.1) is 0 Å². The largest absolute Gasteiger partial charge is 0.462 e. The van der Waals surface area contributed by atoms with Crippen LogP contribution < -0.4 is 0 Å². The molecule has 1 aromatic carbocycles. The quantitative estimate of drug-likeness (QED) is 0.668. The standard InChI is InChI=1S/C13H15NO2S/c1-9(2)16-13(15)8-17-12-7-10-5-3-4-6-11(10)14-12/h3-7,9,14H,8H2,1-2H3. The van der Waals surface area contributed by atoms with Crippen molar-refractivity contribution < 1.29 is 9.53 Å². The Kier molecular flexibility index (Phi) is 3.74. The van der Waals surface area contributed by atoms with E-state index in [1.807, 2.05) is 44.2 Å². The molecular formula is C13H15NO2S. The first kappa shape index (κ1) is 12.0. The minimum atomic E-state index is -0.177. The molecule has 0 saturated carbocycles. The zero-order chi connectivity index (χ0) is 12.3. The summed E-state index contributed by atoms with van der Waals surface area (Å²) in [5.74, 6) is 0.161. The maximum Gasteiger partial charge on any atom is 0.316 e. The lowest BCUT2D eigenvalue weighted by Crippen LogP contribution is -2.13. The van der Waals surface area contributed by atoms with E-state index in [-0.39, 0.29) is 12.1 Å². The summed E-state index contributed by atoms with van der Waals surface area (Å²) >= 11 is 1.47. The molecule has 2 rings (SSSR count). The second-order valence-corrected chi connectivity index (χ2v) is 5.07. The third-order valence-corrected chi connectivity index (χ3v) is 3.13. The van der Waals surface area contributed by atoms with Crippen LogP contribution in [0.5, 0.6) is 0 Å². The number of carbonyl (C=O) groups excluding carboxylic acids is 1. The maximum atomic E-state index is 11.4. The van der Waals surface area contributed by atoms with Crippen LogP contribution in [-0.2, 0) is 9.53 Å². The van der Waals surface area contributed by atoms with E-state index in [0.717, 1.165) is 15.9 Å². The second-order valence-electron chi connectivity index (χ2n) is 4.05. The van der Waals surface area contributed by atoms with Gasteiger partial charge in [-0.2, -0.15) is 0 Å². The van der Waals surface area contributed by atoms with Crippen LogP contribution in [0.25, 0.3) is 10.9 Å². The highest BCUT2D eigenvalue weighted by atomic mass is 32.2. The molecule has 0 radical (unpaired) electrons. The van der Waals surface area contributed by atoms with Gasteiger partial charge in [0.05, 0.1) is 16.9 Å². The number of hydrogen-bond acceptors (Lipinski definition) is 3. The first-order valence-corrected chi connectivity index (χ1v) is 6.54. The molecule has 0 aliphatic carbocycles. The van der Waals surface area contributed by atoms with Crippen molar-refractivity contribution in [3.05, 3.63) is 30.3 Å². The zero-order valence-corrected chi connectivity index (χ0v) is 10.7. The van der Waals surface area contributed by atoms with Gasteiger partial charge in [-0.15, -0.1) is 0 Å². The fourth-order valence-electron chi connectivity index (χ4n) is 1.56. The van der Waals surface area contributed by atoms with E-state index < -0.39 is 0 Å². The van der Waals surface area contributed by atoms with Gasteiger partial charge in [0.25, 0.3) is 0 Å². The molecule has 4 heteroatoms. The number of aromatic amines is 1. The Hall–Kier alpha value is -1.42. The monoisotopic (exact) mass is 249 g/mol. The van der Waals surface area contributed by atoms with Gasteiger partial charge in [-0.25, -0.2) is 0 Å². The highest BCUT2D eigenvalue weighted by molar-refractivity contribution is 7.99. The Balaban J connectivity index is 1.97. The van der Waals surface area contributed by atoms with E-state index in [1.54, 1.807) is 0 Å². The average molecular weight is 249 g/mol. The van der Waals surface area contributed by atoms with Crippen LogP contribution >= 0.6 is 11.8 Å². The molecule has 90 valence electrons. The summed E-state index contributed by atoms with van der Waals surface area (Å²) in [4.78, 5) is 14.6. The minimum Gasteiger partial charge on any atom is -0.462 e. The number of esters is 1. The second kappa shape index (κ2) is 5.27. The van der Waals surface area contributed by atoms with Gasteiger partial charge in [0, 0.05) is 10.9 Å². The maximum absolute atomic E-state index is 11.4. The lowest BCUT2D eigenvalue weighted by atomic mass is 10.3. The first-order valence-electron chi connectivity index (χ1n) is 5.55. The number of thioether (sulfide) groups is 1. The normalized spacial score (nSPS) is 11.0. The lowest BCUT2D eigenvalue weighted by Gasteiger charge is -2.06. The molecule has 0 bridgehead atoms. The average Bonchev–Trinajstić information content (AvgIpc) is 2.68. The molecule has 0 amide bonds. The zero-order valence-electron chi connectivity index (χ0n) is 9.90. The summed E-state index contributed by atoms with van der Waals surface area (Å²) in [6.45, 7) is 3.71. The molecular weight excluding hydrogens is 234 g/mol. The molecule has 1 heterocycles. The number of rotatable bonds is 4. The summed E-state index contributed by atoms with van der Waals surface area (Å²) in [7, 11) is 0. The van der Waals surface area contributed by atoms with Gasteiger partial charge in [-0.3, -0.25) is 4.79 Å². The highest BCUT2D eigenvalue weighted by Gasteiger charge is 2.07. The fourth-order valence-corrected chi connectivity index (χ4v) is 2.29. The molecule has 0 aliphatic heterocycles. The van der Waals surface area contributed by atoms with Gasteiger partial charge in [-0.1, -0.05) is 30.0 Å². The van der Waals surface area contributed by atoms with E-state index in [4.69, 9.17) is 4.74 Å². The Morgan fingerprint density at radius 3 is 2.88 bits per heavy atom. The molecule has 3 nitrogen and oxygen atoms in total. The molecule has 1 N–H and O–H groups in total. The fraction of sp³-hybridized carbons (Fsp3) is 0.308. The predicted molar refractivity (Wildman–Crippen MR) is 70.3 cm³/mol. The van der Waals surface area contributed by atoms with Crippen molar-refractivity contribution in [3.8, 4) is 0 Å². The number of carbonyl (C=O) groups is 1. The molecule has 17 heavy (non-hydrogen) atoms. The summed E-state index contributed by atoms with van der Waals surface area (Å²) in [6, 6.07) is 10.1. The molecule has 0 spiro atoms. The number of benzene rings is 1. The summed E-state index contributed by atoms with van der Waals surface area (Å²) in [6.07, 6.45) is -0.0502. The number of H-pyrrole nitrogens is 1. The van der Waals surface area contributed by atoms with Gasteiger partial charge in [-0.05, 0) is 26.0 Å². The van der Waals surface area contributed by atoms with Crippen molar-refractivity contribution in [1.29, 1.82) is 0 Å². The number of fused-ring (bicyclic) bond motifs is 1. The Labute approximate surface area is 105 Å². The van der Waals surface area contributed by atoms with E-state index in [9.17, 15) is 4.79 Å². The van der Waals surface area contributed by atoms with Crippen molar-refractivity contribution in [2.45, 2.75) is 25.0 Å². The van der Waals surface area contributed by atoms with Crippen molar-refractivity contribution in [3.63, 3.8) is 0 Å². The number of hydrogen-bond donors (Lipinski definition) is 1. The minimum absolute atomic E-state index is 0.0502. The Bertz CT molecular complexity index is 486. The summed E-state index contributed by atoms with van der Waals surface area (Å²) in [5.41, 5.74) is 1.09. The van der Waals surface area contributed by atoms with Gasteiger partial charge < -0.3 is 9.72 Å². The van der Waals surface area contributed by atoms with E-state index in [0.29, 0.717) is 5.75 Å². The van der Waals surface area contributed by atoms with Gasteiger partial charge >= 0.3 is 5.97 Å². The number of ether oxygens (including phenoxy) is 1. The van der Waals surface area contributed by atoms with Crippen molar-refractivity contribution in [2.24, 2.45) is 0 Å².